The number of carbonyl (C=O) groups excluding carboxylic acids is 1. The van der Waals surface area contributed by atoms with Crippen LogP contribution in [0.1, 0.15) is 34.1 Å². The molecule has 0 saturated heterocycles. The maximum atomic E-state index is 12.0. The number of hydrogen-bond donors (Lipinski definition) is 2. The molecule has 2 atom stereocenters. The minimum Gasteiger partial charge on any atom is -0.480 e. The van der Waals surface area contributed by atoms with E-state index in [9.17, 15) is 9.59 Å². The minimum absolute atomic E-state index is 0.175. The topological polar surface area (TPSA) is 93.4 Å². The van der Waals surface area contributed by atoms with Gasteiger partial charge in [0.05, 0.1) is 12.0 Å². The van der Waals surface area contributed by atoms with Crippen molar-refractivity contribution < 1.29 is 14.7 Å². The SMILES string of the molecule is CCN(CC(C)C#N)C(=O)N[C@H](CC(C)C)C(=O)O. The lowest BCUT2D eigenvalue weighted by molar-refractivity contribution is -0.139. The highest BCUT2D eigenvalue weighted by Crippen LogP contribution is 2.06. The predicted molar refractivity (Wildman–Crippen MR) is 71.4 cm³/mol. The number of nitriles is 1. The van der Waals surface area contributed by atoms with Crippen molar-refractivity contribution in [2.75, 3.05) is 13.1 Å². The van der Waals surface area contributed by atoms with E-state index >= 15 is 0 Å². The molecule has 1 unspecified atom stereocenters. The highest BCUT2D eigenvalue weighted by Gasteiger charge is 2.24. The lowest BCUT2D eigenvalue weighted by atomic mass is 10.0. The van der Waals surface area contributed by atoms with Crippen molar-refractivity contribution in [3.63, 3.8) is 0 Å². The molecule has 0 aliphatic heterocycles. The summed E-state index contributed by atoms with van der Waals surface area (Å²) in [5.74, 6) is -1.14. The van der Waals surface area contributed by atoms with Gasteiger partial charge in [-0.2, -0.15) is 5.26 Å². The molecule has 6 nitrogen and oxygen atoms in total. The van der Waals surface area contributed by atoms with Crippen LogP contribution < -0.4 is 5.32 Å². The van der Waals surface area contributed by atoms with Gasteiger partial charge in [-0.1, -0.05) is 13.8 Å². The first-order valence-electron chi connectivity index (χ1n) is 6.49. The molecule has 0 aromatic rings. The van der Waals surface area contributed by atoms with Crippen LogP contribution in [-0.2, 0) is 4.79 Å². The Hall–Kier alpha value is -1.77. The Morgan fingerprint density at radius 3 is 2.32 bits per heavy atom. The van der Waals surface area contributed by atoms with Gasteiger partial charge >= 0.3 is 12.0 Å². The zero-order chi connectivity index (χ0) is 15.0. The summed E-state index contributed by atoms with van der Waals surface area (Å²) >= 11 is 0. The van der Waals surface area contributed by atoms with E-state index < -0.39 is 18.0 Å². The molecule has 0 rings (SSSR count). The maximum Gasteiger partial charge on any atom is 0.326 e. The molecule has 0 heterocycles. The van der Waals surface area contributed by atoms with Gasteiger partial charge in [-0.05, 0) is 26.2 Å². The van der Waals surface area contributed by atoms with E-state index in [-0.39, 0.29) is 11.8 Å². The van der Waals surface area contributed by atoms with Crippen molar-refractivity contribution in [1.29, 1.82) is 5.26 Å². The first-order valence-corrected chi connectivity index (χ1v) is 6.49. The predicted octanol–water partition coefficient (Wildman–Crippen LogP) is 1.68. The summed E-state index contributed by atoms with van der Waals surface area (Å²) in [5, 5.41) is 20.3. The third kappa shape index (κ3) is 6.65. The third-order valence-corrected chi connectivity index (χ3v) is 2.69. The van der Waals surface area contributed by atoms with Gasteiger partial charge in [0.1, 0.15) is 6.04 Å². The second kappa shape index (κ2) is 8.35. The van der Waals surface area contributed by atoms with Crippen LogP contribution >= 0.6 is 0 Å². The zero-order valence-corrected chi connectivity index (χ0v) is 12.0. The van der Waals surface area contributed by atoms with Crippen LogP contribution in [0.4, 0.5) is 4.79 Å². The van der Waals surface area contributed by atoms with Crippen LogP contribution in [0, 0.1) is 23.2 Å². The van der Waals surface area contributed by atoms with Crippen molar-refractivity contribution in [3.8, 4) is 6.07 Å². The van der Waals surface area contributed by atoms with Gasteiger partial charge in [-0.25, -0.2) is 9.59 Å². The summed E-state index contributed by atoms with van der Waals surface area (Å²) in [7, 11) is 0. The number of carboxylic acids is 1. The molecular weight excluding hydrogens is 246 g/mol. The molecule has 2 amide bonds. The summed E-state index contributed by atoms with van der Waals surface area (Å²) in [6.45, 7) is 8.05. The highest BCUT2D eigenvalue weighted by atomic mass is 16.4. The van der Waals surface area contributed by atoms with E-state index in [0.29, 0.717) is 19.5 Å². The van der Waals surface area contributed by atoms with Crippen molar-refractivity contribution >= 4 is 12.0 Å². The quantitative estimate of drug-likeness (QED) is 0.735. The monoisotopic (exact) mass is 269 g/mol. The number of urea groups is 1. The van der Waals surface area contributed by atoms with Crippen LogP contribution in [0.3, 0.4) is 0 Å². The normalized spacial score (nSPS) is 13.5. The van der Waals surface area contributed by atoms with Gasteiger partial charge in [-0.3, -0.25) is 0 Å². The number of nitrogens with zero attached hydrogens (tertiary/aromatic N) is 2. The first kappa shape index (κ1) is 17.2. The summed E-state index contributed by atoms with van der Waals surface area (Å²) in [6.07, 6.45) is 0.381. The van der Waals surface area contributed by atoms with Crippen molar-refractivity contribution in [1.82, 2.24) is 10.2 Å². The molecule has 6 heteroatoms. The Bertz CT molecular complexity index is 350. The molecule has 0 aromatic heterocycles. The average molecular weight is 269 g/mol. The number of aliphatic carboxylic acids is 1. The van der Waals surface area contributed by atoms with Crippen molar-refractivity contribution in [2.45, 2.75) is 40.2 Å². The number of amides is 2. The molecule has 0 bridgehead atoms. The van der Waals surface area contributed by atoms with E-state index in [1.807, 2.05) is 13.8 Å². The summed E-state index contributed by atoms with van der Waals surface area (Å²) in [6, 6.07) is 0.732. The Morgan fingerprint density at radius 2 is 1.95 bits per heavy atom. The fourth-order valence-corrected chi connectivity index (χ4v) is 1.66. The number of rotatable bonds is 7. The van der Waals surface area contributed by atoms with Crippen LogP contribution in [0.5, 0.6) is 0 Å². The minimum atomic E-state index is -1.04. The van der Waals surface area contributed by atoms with E-state index in [2.05, 4.69) is 11.4 Å². The van der Waals surface area contributed by atoms with E-state index in [1.165, 1.54) is 4.90 Å². The van der Waals surface area contributed by atoms with E-state index in [0.717, 1.165) is 0 Å². The molecular formula is C13H23N3O3. The highest BCUT2D eigenvalue weighted by molar-refractivity contribution is 5.82. The second-order valence-corrected chi connectivity index (χ2v) is 5.04. The Morgan fingerprint density at radius 1 is 1.37 bits per heavy atom. The lowest BCUT2D eigenvalue weighted by Gasteiger charge is -2.25. The molecule has 0 aromatic carbocycles. The van der Waals surface area contributed by atoms with Gasteiger partial charge in [0.2, 0.25) is 0 Å². The van der Waals surface area contributed by atoms with E-state index in [1.54, 1.807) is 13.8 Å². The lowest BCUT2D eigenvalue weighted by Crippen LogP contribution is -2.49. The number of carbonyl (C=O) groups is 2. The molecule has 0 fully saturated rings. The molecule has 0 radical (unpaired) electrons. The van der Waals surface area contributed by atoms with E-state index in [4.69, 9.17) is 10.4 Å². The number of hydrogen-bond acceptors (Lipinski definition) is 3. The molecule has 0 spiro atoms. The number of nitrogens with one attached hydrogen (secondary N) is 1. The Balaban J connectivity index is 4.60. The molecule has 19 heavy (non-hydrogen) atoms. The van der Waals surface area contributed by atoms with Gasteiger partial charge in [0, 0.05) is 13.1 Å². The molecule has 0 saturated carbocycles. The standard InChI is InChI=1S/C13H23N3O3/c1-5-16(8-10(4)7-14)13(19)15-11(12(17)18)6-9(2)3/h9-11H,5-6,8H2,1-4H3,(H,15,19)(H,17,18)/t10?,11-/m1/s1. The third-order valence-electron chi connectivity index (χ3n) is 2.69. The summed E-state index contributed by atoms with van der Waals surface area (Å²) in [4.78, 5) is 24.5. The fraction of sp³-hybridized carbons (Fsp3) is 0.769. The molecule has 108 valence electrons. The van der Waals surface area contributed by atoms with Crippen LogP contribution in [0.25, 0.3) is 0 Å². The van der Waals surface area contributed by atoms with Crippen LogP contribution in [-0.4, -0.2) is 41.1 Å². The number of carboxylic acid groups (broad SMARTS) is 1. The zero-order valence-electron chi connectivity index (χ0n) is 12.0. The van der Waals surface area contributed by atoms with Crippen molar-refractivity contribution in [3.05, 3.63) is 0 Å². The van der Waals surface area contributed by atoms with Gasteiger partial charge < -0.3 is 15.3 Å². The summed E-state index contributed by atoms with van der Waals surface area (Å²) < 4.78 is 0. The van der Waals surface area contributed by atoms with Gasteiger partial charge in [0.25, 0.3) is 0 Å². The summed E-state index contributed by atoms with van der Waals surface area (Å²) in [5.41, 5.74) is 0. The van der Waals surface area contributed by atoms with Crippen LogP contribution in [0.15, 0.2) is 0 Å². The Kier molecular flexibility index (Phi) is 7.57. The molecule has 0 aliphatic carbocycles. The second-order valence-electron chi connectivity index (χ2n) is 5.04. The smallest absolute Gasteiger partial charge is 0.326 e. The van der Waals surface area contributed by atoms with Crippen LogP contribution in [0.2, 0.25) is 0 Å². The molecule has 0 aliphatic rings. The maximum absolute atomic E-state index is 12.0. The Labute approximate surface area is 114 Å². The van der Waals surface area contributed by atoms with Gasteiger partial charge in [0.15, 0.2) is 0 Å². The largest absolute Gasteiger partial charge is 0.480 e. The van der Waals surface area contributed by atoms with Crippen molar-refractivity contribution in [2.24, 2.45) is 11.8 Å². The first-order chi connectivity index (χ1) is 8.81. The average Bonchev–Trinajstić information content (AvgIpc) is 2.33. The fourth-order valence-electron chi connectivity index (χ4n) is 1.66. The molecule has 2 N–H and O–H groups in total. The van der Waals surface area contributed by atoms with Gasteiger partial charge in [-0.15, -0.1) is 0 Å².